The SMILES string of the molecule is CCn1cc(Br)c(C(=O)NCc2cccnc2)n1. The summed E-state index contributed by atoms with van der Waals surface area (Å²) < 4.78 is 2.41. The smallest absolute Gasteiger partial charge is 0.273 e. The molecule has 2 aromatic heterocycles. The molecular weight excluding hydrogens is 296 g/mol. The molecule has 0 bridgehead atoms. The maximum atomic E-state index is 11.9. The van der Waals surface area contributed by atoms with Crippen molar-refractivity contribution < 1.29 is 4.79 Å². The van der Waals surface area contributed by atoms with Gasteiger partial charge in [-0.3, -0.25) is 14.5 Å². The van der Waals surface area contributed by atoms with E-state index in [9.17, 15) is 4.79 Å². The van der Waals surface area contributed by atoms with Gasteiger partial charge in [0.2, 0.25) is 0 Å². The van der Waals surface area contributed by atoms with E-state index < -0.39 is 0 Å². The van der Waals surface area contributed by atoms with Crippen molar-refractivity contribution in [3.05, 3.63) is 46.5 Å². The number of aromatic nitrogens is 3. The molecule has 2 rings (SSSR count). The lowest BCUT2D eigenvalue weighted by Crippen LogP contribution is -2.23. The molecule has 18 heavy (non-hydrogen) atoms. The molecule has 1 amide bonds. The highest BCUT2D eigenvalue weighted by Gasteiger charge is 2.14. The fraction of sp³-hybridized carbons (Fsp3) is 0.250. The molecule has 1 N–H and O–H groups in total. The molecule has 0 saturated heterocycles. The van der Waals surface area contributed by atoms with E-state index in [-0.39, 0.29) is 5.91 Å². The Hall–Kier alpha value is -1.69. The number of halogens is 1. The second-order valence-corrected chi connectivity index (χ2v) is 4.58. The molecule has 2 heterocycles. The molecule has 0 aliphatic carbocycles. The van der Waals surface area contributed by atoms with Gasteiger partial charge in [-0.05, 0) is 34.5 Å². The van der Waals surface area contributed by atoms with Crippen LogP contribution in [0.1, 0.15) is 23.0 Å². The van der Waals surface area contributed by atoms with E-state index in [1.807, 2.05) is 19.1 Å². The van der Waals surface area contributed by atoms with Crippen LogP contribution in [-0.4, -0.2) is 20.7 Å². The first-order valence-corrected chi connectivity index (χ1v) is 6.40. The molecule has 94 valence electrons. The maximum absolute atomic E-state index is 11.9. The van der Waals surface area contributed by atoms with Crippen LogP contribution in [0.2, 0.25) is 0 Å². The van der Waals surface area contributed by atoms with Crippen LogP contribution in [0.4, 0.5) is 0 Å². The Balaban J connectivity index is 2.01. The van der Waals surface area contributed by atoms with Gasteiger partial charge in [0.15, 0.2) is 5.69 Å². The standard InChI is InChI=1S/C12H13BrN4O/c1-2-17-8-10(13)11(16-17)12(18)15-7-9-4-3-5-14-6-9/h3-6,8H,2,7H2,1H3,(H,15,18). The van der Waals surface area contributed by atoms with E-state index in [1.165, 1.54) is 0 Å². The Morgan fingerprint density at radius 3 is 3.00 bits per heavy atom. The van der Waals surface area contributed by atoms with Crippen molar-refractivity contribution in [1.82, 2.24) is 20.1 Å². The molecule has 0 atom stereocenters. The van der Waals surface area contributed by atoms with Crippen LogP contribution in [0.5, 0.6) is 0 Å². The summed E-state index contributed by atoms with van der Waals surface area (Å²) in [5.74, 6) is -0.196. The third-order valence-electron chi connectivity index (χ3n) is 2.43. The minimum absolute atomic E-state index is 0.196. The van der Waals surface area contributed by atoms with Crippen molar-refractivity contribution in [2.45, 2.75) is 20.0 Å². The number of hydrogen-bond donors (Lipinski definition) is 1. The Kier molecular flexibility index (Phi) is 4.09. The van der Waals surface area contributed by atoms with E-state index in [2.05, 4.69) is 31.3 Å². The number of rotatable bonds is 4. The second-order valence-electron chi connectivity index (χ2n) is 3.73. The second kappa shape index (κ2) is 5.77. The summed E-state index contributed by atoms with van der Waals surface area (Å²) in [5.41, 5.74) is 1.36. The molecule has 0 spiro atoms. The first kappa shape index (κ1) is 12.8. The quantitative estimate of drug-likeness (QED) is 0.939. The normalized spacial score (nSPS) is 10.3. The summed E-state index contributed by atoms with van der Waals surface area (Å²) in [6, 6.07) is 3.75. The molecule has 0 aliphatic heterocycles. The number of nitrogens with one attached hydrogen (secondary N) is 1. The van der Waals surface area contributed by atoms with Gasteiger partial charge in [-0.15, -0.1) is 0 Å². The summed E-state index contributed by atoms with van der Waals surface area (Å²) in [4.78, 5) is 15.9. The molecule has 0 radical (unpaired) electrons. The lowest BCUT2D eigenvalue weighted by atomic mass is 10.3. The van der Waals surface area contributed by atoms with Gasteiger partial charge in [-0.2, -0.15) is 5.10 Å². The first-order chi connectivity index (χ1) is 8.70. The summed E-state index contributed by atoms with van der Waals surface area (Å²) in [7, 11) is 0. The van der Waals surface area contributed by atoms with Gasteiger partial charge in [-0.25, -0.2) is 0 Å². The molecule has 0 fully saturated rings. The molecule has 0 aliphatic rings. The fourth-order valence-electron chi connectivity index (χ4n) is 1.48. The van der Waals surface area contributed by atoms with E-state index >= 15 is 0 Å². The van der Waals surface area contributed by atoms with E-state index in [0.29, 0.717) is 16.7 Å². The number of nitrogens with zero attached hydrogens (tertiary/aromatic N) is 3. The van der Waals surface area contributed by atoms with Crippen molar-refractivity contribution in [2.75, 3.05) is 0 Å². The van der Waals surface area contributed by atoms with Gasteiger partial charge < -0.3 is 5.32 Å². The van der Waals surface area contributed by atoms with Crippen molar-refractivity contribution in [3.8, 4) is 0 Å². The van der Waals surface area contributed by atoms with Crippen molar-refractivity contribution in [2.24, 2.45) is 0 Å². The van der Waals surface area contributed by atoms with E-state index in [0.717, 1.165) is 12.1 Å². The van der Waals surface area contributed by atoms with Gasteiger partial charge in [0, 0.05) is 31.7 Å². The Morgan fingerprint density at radius 2 is 2.39 bits per heavy atom. The molecule has 2 aromatic rings. The summed E-state index contributed by atoms with van der Waals surface area (Å²) >= 11 is 3.33. The zero-order valence-electron chi connectivity index (χ0n) is 9.93. The van der Waals surface area contributed by atoms with Gasteiger partial charge in [0.05, 0.1) is 4.47 Å². The monoisotopic (exact) mass is 308 g/mol. The largest absolute Gasteiger partial charge is 0.346 e. The summed E-state index contributed by atoms with van der Waals surface area (Å²) in [6.45, 7) is 3.14. The predicted molar refractivity (Wildman–Crippen MR) is 71.0 cm³/mol. The average Bonchev–Trinajstić information content (AvgIpc) is 2.78. The average molecular weight is 309 g/mol. The highest BCUT2D eigenvalue weighted by Crippen LogP contribution is 2.14. The van der Waals surface area contributed by atoms with Crippen molar-refractivity contribution in [3.63, 3.8) is 0 Å². The molecular formula is C12H13BrN4O. The first-order valence-electron chi connectivity index (χ1n) is 5.60. The van der Waals surface area contributed by atoms with Crippen LogP contribution in [0.25, 0.3) is 0 Å². The van der Waals surface area contributed by atoms with Crippen LogP contribution < -0.4 is 5.32 Å². The molecule has 6 heteroatoms. The van der Waals surface area contributed by atoms with E-state index in [4.69, 9.17) is 0 Å². The van der Waals surface area contributed by atoms with Crippen LogP contribution in [-0.2, 0) is 13.1 Å². The highest BCUT2D eigenvalue weighted by molar-refractivity contribution is 9.10. The Bertz CT molecular complexity index is 538. The number of pyridine rings is 1. The molecule has 0 aromatic carbocycles. The maximum Gasteiger partial charge on any atom is 0.273 e. The van der Waals surface area contributed by atoms with Gasteiger partial charge >= 0.3 is 0 Å². The third-order valence-corrected chi connectivity index (χ3v) is 3.01. The predicted octanol–water partition coefficient (Wildman–Crippen LogP) is 1.99. The number of carbonyl (C=O) groups excluding carboxylic acids is 1. The Morgan fingerprint density at radius 1 is 1.56 bits per heavy atom. The zero-order valence-corrected chi connectivity index (χ0v) is 11.5. The van der Waals surface area contributed by atoms with Gasteiger partial charge in [0.1, 0.15) is 0 Å². The highest BCUT2D eigenvalue weighted by atomic mass is 79.9. The minimum Gasteiger partial charge on any atom is -0.346 e. The summed E-state index contributed by atoms with van der Waals surface area (Å²) in [5, 5.41) is 6.99. The topological polar surface area (TPSA) is 59.8 Å². The third kappa shape index (κ3) is 2.95. The number of hydrogen-bond acceptors (Lipinski definition) is 3. The molecule has 5 nitrogen and oxygen atoms in total. The van der Waals surface area contributed by atoms with Crippen molar-refractivity contribution in [1.29, 1.82) is 0 Å². The zero-order chi connectivity index (χ0) is 13.0. The number of amides is 1. The van der Waals surface area contributed by atoms with Crippen LogP contribution in [0.15, 0.2) is 35.2 Å². The van der Waals surface area contributed by atoms with Gasteiger partial charge in [0.25, 0.3) is 5.91 Å². The van der Waals surface area contributed by atoms with Crippen LogP contribution >= 0.6 is 15.9 Å². The minimum atomic E-state index is -0.196. The lowest BCUT2D eigenvalue weighted by Gasteiger charge is -2.03. The number of aryl methyl sites for hydroxylation is 1. The number of carbonyl (C=O) groups is 1. The summed E-state index contributed by atoms with van der Waals surface area (Å²) in [6.07, 6.45) is 5.21. The van der Waals surface area contributed by atoms with Crippen LogP contribution in [0, 0.1) is 0 Å². The Labute approximate surface area is 113 Å². The lowest BCUT2D eigenvalue weighted by molar-refractivity contribution is 0.0944. The van der Waals surface area contributed by atoms with Crippen LogP contribution in [0.3, 0.4) is 0 Å². The fourth-order valence-corrected chi connectivity index (χ4v) is 1.98. The molecule has 0 saturated carbocycles. The molecule has 0 unspecified atom stereocenters. The van der Waals surface area contributed by atoms with E-state index in [1.54, 1.807) is 23.3 Å². The van der Waals surface area contributed by atoms with Crippen molar-refractivity contribution >= 4 is 21.8 Å². The van der Waals surface area contributed by atoms with Gasteiger partial charge in [-0.1, -0.05) is 6.07 Å².